The van der Waals surface area contributed by atoms with Crippen molar-refractivity contribution >= 4 is 11.9 Å². The lowest BCUT2D eigenvalue weighted by Gasteiger charge is -2.38. The number of nitrogens with one attached hydrogen (secondary N) is 2. The fourth-order valence-corrected chi connectivity index (χ4v) is 2.74. The van der Waals surface area contributed by atoms with E-state index < -0.39 is 6.03 Å². The average molecular weight is 319 g/mol. The van der Waals surface area contributed by atoms with Crippen LogP contribution in [0.5, 0.6) is 0 Å². The Labute approximate surface area is 137 Å². The Morgan fingerprint density at radius 3 is 2.43 bits per heavy atom. The van der Waals surface area contributed by atoms with Crippen LogP contribution in [0, 0.1) is 0 Å². The van der Waals surface area contributed by atoms with Gasteiger partial charge in [-0.25, -0.2) is 4.79 Å². The molecule has 1 aliphatic rings. The van der Waals surface area contributed by atoms with Gasteiger partial charge in [0, 0.05) is 19.6 Å². The monoisotopic (exact) mass is 319 g/mol. The number of imide groups is 1. The first-order chi connectivity index (χ1) is 11.0. The van der Waals surface area contributed by atoms with Crippen LogP contribution in [0.3, 0.4) is 0 Å². The van der Waals surface area contributed by atoms with Gasteiger partial charge in [0.1, 0.15) is 0 Å². The van der Waals surface area contributed by atoms with Crippen molar-refractivity contribution in [2.45, 2.75) is 45.6 Å². The molecule has 0 unspecified atom stereocenters. The number of amides is 3. The molecule has 126 valence electrons. The van der Waals surface area contributed by atoms with Crippen molar-refractivity contribution in [3.63, 3.8) is 0 Å². The molecule has 1 saturated heterocycles. The first kappa shape index (κ1) is 17.4. The summed E-state index contributed by atoms with van der Waals surface area (Å²) in [6.45, 7) is 7.54. The maximum absolute atomic E-state index is 12.2. The van der Waals surface area contributed by atoms with E-state index in [1.54, 1.807) is 0 Å². The van der Waals surface area contributed by atoms with Crippen molar-refractivity contribution in [1.29, 1.82) is 0 Å². The van der Waals surface area contributed by atoms with Crippen molar-refractivity contribution in [3.05, 3.63) is 35.9 Å². The molecule has 1 fully saturated rings. The molecular weight excluding hydrogens is 294 g/mol. The first-order valence-electron chi connectivity index (χ1n) is 7.98. The first-order valence-corrected chi connectivity index (χ1v) is 7.98. The summed E-state index contributed by atoms with van der Waals surface area (Å²) < 4.78 is 5.66. The summed E-state index contributed by atoms with van der Waals surface area (Å²) in [6, 6.07) is 8.72. The van der Waals surface area contributed by atoms with Crippen LogP contribution in [-0.2, 0) is 16.1 Å². The zero-order chi connectivity index (χ0) is 16.8. The number of carbonyl (C=O) groups excluding carboxylic acids is 2. The minimum atomic E-state index is -0.472. The molecule has 1 aliphatic heterocycles. The molecule has 2 N–H and O–H groups in total. The quantitative estimate of drug-likeness (QED) is 0.882. The summed E-state index contributed by atoms with van der Waals surface area (Å²) in [5.41, 5.74) is 0.985. The molecule has 0 saturated carbocycles. The minimum absolute atomic E-state index is 0.0842. The van der Waals surface area contributed by atoms with Crippen LogP contribution < -0.4 is 10.6 Å². The summed E-state index contributed by atoms with van der Waals surface area (Å²) in [5.74, 6) is -0.295. The number of ether oxygens (including phenoxy) is 1. The van der Waals surface area contributed by atoms with E-state index in [9.17, 15) is 9.59 Å². The number of nitrogens with zero attached hydrogens (tertiary/aromatic N) is 1. The lowest BCUT2D eigenvalue weighted by molar-refractivity contribution is -0.130. The number of carbonyl (C=O) groups is 2. The van der Waals surface area contributed by atoms with Gasteiger partial charge in [-0.05, 0) is 26.3 Å². The molecule has 23 heavy (non-hydrogen) atoms. The maximum Gasteiger partial charge on any atom is 0.321 e. The lowest BCUT2D eigenvalue weighted by Crippen LogP contribution is -2.55. The molecule has 6 heteroatoms. The van der Waals surface area contributed by atoms with Crippen molar-refractivity contribution in [3.8, 4) is 0 Å². The summed E-state index contributed by atoms with van der Waals surface area (Å²) in [7, 11) is 0. The van der Waals surface area contributed by atoms with Gasteiger partial charge in [-0.15, -0.1) is 0 Å². The summed E-state index contributed by atoms with van der Waals surface area (Å²) in [4.78, 5) is 26.1. The highest BCUT2D eigenvalue weighted by Gasteiger charge is 2.29. The predicted octanol–water partition coefficient (Wildman–Crippen LogP) is 1.51. The SMILES string of the molecule is C[C@@H]1CN([C@@H](C)C(=O)NC(=O)NCc2ccccc2)C[C@@H](C)O1. The molecule has 1 aromatic carbocycles. The van der Waals surface area contributed by atoms with E-state index in [4.69, 9.17) is 4.74 Å². The predicted molar refractivity (Wildman–Crippen MR) is 87.9 cm³/mol. The Balaban J connectivity index is 1.79. The molecule has 0 aliphatic carbocycles. The molecule has 6 nitrogen and oxygen atoms in total. The molecule has 0 spiro atoms. The van der Waals surface area contributed by atoms with E-state index >= 15 is 0 Å². The zero-order valence-electron chi connectivity index (χ0n) is 13.9. The van der Waals surface area contributed by atoms with Crippen LogP contribution in [0.25, 0.3) is 0 Å². The lowest BCUT2D eigenvalue weighted by atomic mass is 10.1. The van der Waals surface area contributed by atoms with E-state index in [1.807, 2.05) is 56.0 Å². The average Bonchev–Trinajstić information content (AvgIpc) is 2.52. The number of rotatable bonds is 4. The van der Waals surface area contributed by atoms with E-state index in [0.29, 0.717) is 19.6 Å². The molecule has 1 heterocycles. The van der Waals surface area contributed by atoms with Gasteiger partial charge < -0.3 is 10.1 Å². The van der Waals surface area contributed by atoms with E-state index in [1.165, 1.54) is 0 Å². The van der Waals surface area contributed by atoms with Crippen LogP contribution in [0.15, 0.2) is 30.3 Å². The molecule has 3 amide bonds. The fourth-order valence-electron chi connectivity index (χ4n) is 2.74. The topological polar surface area (TPSA) is 70.7 Å². The largest absolute Gasteiger partial charge is 0.373 e. The highest BCUT2D eigenvalue weighted by atomic mass is 16.5. The number of hydrogen-bond acceptors (Lipinski definition) is 4. The maximum atomic E-state index is 12.2. The Bertz CT molecular complexity index is 525. The Hall–Kier alpha value is -1.92. The van der Waals surface area contributed by atoms with Crippen molar-refractivity contribution in [2.75, 3.05) is 13.1 Å². The minimum Gasteiger partial charge on any atom is -0.373 e. The molecule has 3 atom stereocenters. The second kappa shape index (κ2) is 8.08. The highest BCUT2D eigenvalue weighted by Crippen LogP contribution is 2.13. The van der Waals surface area contributed by atoms with Gasteiger partial charge in [-0.1, -0.05) is 30.3 Å². The second-order valence-corrected chi connectivity index (χ2v) is 6.04. The number of morpholine rings is 1. The zero-order valence-corrected chi connectivity index (χ0v) is 13.9. The van der Waals surface area contributed by atoms with Gasteiger partial charge in [-0.2, -0.15) is 0 Å². The van der Waals surface area contributed by atoms with E-state index in [-0.39, 0.29) is 24.2 Å². The standard InChI is InChI=1S/C17H25N3O3/c1-12-10-20(11-13(2)23-12)14(3)16(21)19-17(22)18-9-15-7-5-4-6-8-15/h4-8,12-14H,9-11H2,1-3H3,(H2,18,19,21,22)/t12-,13-,14+/m1/s1. The third-order valence-electron chi connectivity index (χ3n) is 3.91. The van der Waals surface area contributed by atoms with Gasteiger partial charge >= 0.3 is 6.03 Å². The van der Waals surface area contributed by atoms with Gasteiger partial charge in [-0.3, -0.25) is 15.0 Å². The van der Waals surface area contributed by atoms with Crippen LogP contribution in [0.4, 0.5) is 4.79 Å². The summed E-state index contributed by atoms with van der Waals surface area (Å²) >= 11 is 0. The number of urea groups is 1. The molecule has 2 rings (SSSR count). The number of benzene rings is 1. The molecule has 0 aromatic heterocycles. The summed E-state index contributed by atoms with van der Waals surface area (Å²) in [6.07, 6.45) is 0.168. The van der Waals surface area contributed by atoms with Crippen LogP contribution >= 0.6 is 0 Å². The van der Waals surface area contributed by atoms with Crippen molar-refractivity contribution < 1.29 is 14.3 Å². The molecule has 0 radical (unpaired) electrons. The van der Waals surface area contributed by atoms with Gasteiger partial charge in [0.2, 0.25) is 5.91 Å². The normalized spacial score (nSPS) is 23.1. The van der Waals surface area contributed by atoms with Crippen molar-refractivity contribution in [2.24, 2.45) is 0 Å². The fraction of sp³-hybridized carbons (Fsp3) is 0.529. The van der Waals surface area contributed by atoms with Gasteiger partial charge in [0.15, 0.2) is 0 Å². The highest BCUT2D eigenvalue weighted by molar-refractivity contribution is 5.96. The van der Waals surface area contributed by atoms with Crippen LogP contribution in [0.1, 0.15) is 26.3 Å². The third-order valence-corrected chi connectivity index (χ3v) is 3.91. The Morgan fingerprint density at radius 1 is 1.22 bits per heavy atom. The van der Waals surface area contributed by atoms with Crippen LogP contribution in [0.2, 0.25) is 0 Å². The Kier molecular flexibility index (Phi) is 6.12. The van der Waals surface area contributed by atoms with Gasteiger partial charge in [0.25, 0.3) is 0 Å². The smallest absolute Gasteiger partial charge is 0.321 e. The molecule has 0 bridgehead atoms. The van der Waals surface area contributed by atoms with Gasteiger partial charge in [0.05, 0.1) is 18.2 Å². The summed E-state index contributed by atoms with van der Waals surface area (Å²) in [5, 5.41) is 5.10. The third kappa shape index (κ3) is 5.33. The van der Waals surface area contributed by atoms with E-state index in [2.05, 4.69) is 10.6 Å². The number of hydrogen-bond donors (Lipinski definition) is 2. The Morgan fingerprint density at radius 2 is 1.83 bits per heavy atom. The van der Waals surface area contributed by atoms with E-state index in [0.717, 1.165) is 5.56 Å². The molecule has 1 aromatic rings. The second-order valence-electron chi connectivity index (χ2n) is 6.04. The van der Waals surface area contributed by atoms with Crippen molar-refractivity contribution in [1.82, 2.24) is 15.5 Å². The molecular formula is C17H25N3O3. The van der Waals surface area contributed by atoms with Crippen LogP contribution in [-0.4, -0.2) is 48.2 Å².